The van der Waals surface area contributed by atoms with Crippen molar-refractivity contribution < 1.29 is 22.0 Å². The molecule has 5 nitrogen and oxygen atoms in total. The largest absolute Gasteiger partial charge is 0.494 e. The van der Waals surface area contributed by atoms with E-state index in [0.29, 0.717) is 16.9 Å². The summed E-state index contributed by atoms with van der Waals surface area (Å²) in [6.45, 7) is 1.63. The Morgan fingerprint density at radius 1 is 1.00 bits per heavy atom. The van der Waals surface area contributed by atoms with Gasteiger partial charge in [-0.05, 0) is 48.9 Å². The van der Waals surface area contributed by atoms with Crippen LogP contribution in [0.25, 0.3) is 22.5 Å². The minimum atomic E-state index is -3.35. The van der Waals surface area contributed by atoms with Gasteiger partial charge in [-0.15, -0.1) is 0 Å². The zero-order valence-corrected chi connectivity index (χ0v) is 15.8. The molecule has 2 aromatic carbocycles. The first-order valence-corrected chi connectivity index (χ1v) is 9.89. The molecular weight excluding hydrogens is 371 g/mol. The van der Waals surface area contributed by atoms with Crippen LogP contribution in [0.5, 0.6) is 5.75 Å². The Balaban J connectivity index is 2.22. The summed E-state index contributed by atoms with van der Waals surface area (Å²) < 4.78 is 48.1. The number of hydrogen-bond acceptors (Lipinski definition) is 5. The van der Waals surface area contributed by atoms with E-state index in [1.54, 1.807) is 25.1 Å². The number of hydrogen-bond donors (Lipinski definition) is 0. The number of methoxy groups -OCH3 is 1. The fourth-order valence-corrected chi connectivity index (χ4v) is 3.39. The average molecular weight is 388 g/mol. The SMILES string of the molecule is COc1ccc(-c2c(-c3ccc(S(C)(=O)=O)cc3)oc(C)cc2=O)cc1F. The van der Waals surface area contributed by atoms with Gasteiger partial charge in [0.2, 0.25) is 0 Å². The molecule has 0 atom stereocenters. The van der Waals surface area contributed by atoms with E-state index >= 15 is 0 Å². The highest BCUT2D eigenvalue weighted by molar-refractivity contribution is 7.90. The second-order valence-electron chi connectivity index (χ2n) is 6.07. The van der Waals surface area contributed by atoms with Crippen LogP contribution in [0, 0.1) is 12.7 Å². The number of sulfone groups is 1. The molecule has 0 bridgehead atoms. The van der Waals surface area contributed by atoms with Crippen molar-refractivity contribution in [1.82, 2.24) is 0 Å². The molecular formula is C20H17FO5S. The minimum Gasteiger partial charge on any atom is -0.494 e. The monoisotopic (exact) mass is 388 g/mol. The molecule has 27 heavy (non-hydrogen) atoms. The second kappa shape index (κ2) is 7.00. The van der Waals surface area contributed by atoms with E-state index in [1.807, 2.05) is 0 Å². The third-order valence-corrected chi connectivity index (χ3v) is 5.18. The van der Waals surface area contributed by atoms with Gasteiger partial charge in [0.05, 0.1) is 17.6 Å². The lowest BCUT2D eigenvalue weighted by molar-refractivity contribution is 0.386. The smallest absolute Gasteiger partial charge is 0.193 e. The van der Waals surface area contributed by atoms with Crippen LogP contribution in [-0.4, -0.2) is 21.8 Å². The molecule has 0 unspecified atom stereocenters. The first-order chi connectivity index (χ1) is 12.7. The van der Waals surface area contributed by atoms with Gasteiger partial charge in [-0.3, -0.25) is 4.79 Å². The quantitative estimate of drug-likeness (QED) is 0.679. The van der Waals surface area contributed by atoms with Crippen molar-refractivity contribution >= 4 is 9.84 Å². The highest BCUT2D eigenvalue weighted by atomic mass is 32.2. The van der Waals surface area contributed by atoms with Crippen LogP contribution in [0.4, 0.5) is 4.39 Å². The maximum Gasteiger partial charge on any atom is 0.193 e. The van der Waals surface area contributed by atoms with Crippen LogP contribution >= 0.6 is 0 Å². The molecule has 0 amide bonds. The van der Waals surface area contributed by atoms with Crippen LogP contribution in [0.15, 0.2) is 62.6 Å². The van der Waals surface area contributed by atoms with E-state index in [-0.39, 0.29) is 27.4 Å². The Morgan fingerprint density at radius 3 is 2.19 bits per heavy atom. The highest BCUT2D eigenvalue weighted by Gasteiger charge is 2.18. The summed E-state index contributed by atoms with van der Waals surface area (Å²) in [5, 5.41) is 0. The molecule has 3 rings (SSSR count). The van der Waals surface area contributed by atoms with E-state index in [2.05, 4.69) is 0 Å². The number of halogens is 1. The first kappa shape index (κ1) is 18.8. The van der Waals surface area contributed by atoms with Gasteiger partial charge >= 0.3 is 0 Å². The predicted molar refractivity (Wildman–Crippen MR) is 100 cm³/mol. The van der Waals surface area contributed by atoms with Crippen molar-refractivity contribution in [2.75, 3.05) is 13.4 Å². The Hall–Kier alpha value is -2.93. The Kier molecular flexibility index (Phi) is 4.89. The summed E-state index contributed by atoms with van der Waals surface area (Å²) in [4.78, 5) is 12.8. The molecule has 0 N–H and O–H groups in total. The summed E-state index contributed by atoms with van der Waals surface area (Å²) >= 11 is 0. The van der Waals surface area contributed by atoms with Crippen molar-refractivity contribution in [1.29, 1.82) is 0 Å². The normalized spacial score (nSPS) is 11.4. The standard InChI is InChI=1S/C20H17FO5S/c1-12-10-17(22)19(14-6-9-18(25-2)16(21)11-14)20(26-12)13-4-7-15(8-5-13)27(3,23)24/h4-11H,1-3H3. The summed E-state index contributed by atoms with van der Waals surface area (Å²) in [7, 11) is -2.00. The van der Waals surface area contributed by atoms with E-state index in [4.69, 9.17) is 9.15 Å². The Morgan fingerprint density at radius 2 is 1.63 bits per heavy atom. The molecule has 3 aromatic rings. The fourth-order valence-electron chi connectivity index (χ4n) is 2.76. The van der Waals surface area contributed by atoms with Gasteiger partial charge in [0.1, 0.15) is 11.5 Å². The maximum absolute atomic E-state index is 14.1. The van der Waals surface area contributed by atoms with Crippen LogP contribution in [-0.2, 0) is 9.84 Å². The number of benzene rings is 2. The zero-order valence-electron chi connectivity index (χ0n) is 14.9. The lowest BCUT2D eigenvalue weighted by Gasteiger charge is -2.11. The Bertz CT molecular complexity index is 1160. The van der Waals surface area contributed by atoms with Crippen molar-refractivity contribution in [2.24, 2.45) is 0 Å². The lowest BCUT2D eigenvalue weighted by Crippen LogP contribution is -2.07. The highest BCUT2D eigenvalue weighted by Crippen LogP contribution is 2.32. The minimum absolute atomic E-state index is 0.0642. The average Bonchev–Trinajstić information content (AvgIpc) is 2.60. The maximum atomic E-state index is 14.1. The summed E-state index contributed by atoms with van der Waals surface area (Å²) in [6, 6.07) is 11.5. The van der Waals surface area contributed by atoms with Gasteiger partial charge in [0, 0.05) is 17.9 Å². The third kappa shape index (κ3) is 3.78. The van der Waals surface area contributed by atoms with Crippen molar-refractivity contribution in [3.8, 4) is 28.2 Å². The van der Waals surface area contributed by atoms with E-state index in [0.717, 1.165) is 6.26 Å². The van der Waals surface area contributed by atoms with Crippen LogP contribution in [0.3, 0.4) is 0 Å². The fraction of sp³-hybridized carbons (Fsp3) is 0.150. The van der Waals surface area contributed by atoms with Gasteiger partial charge < -0.3 is 9.15 Å². The lowest BCUT2D eigenvalue weighted by atomic mass is 9.99. The Labute approximate surface area is 156 Å². The molecule has 0 aliphatic rings. The summed E-state index contributed by atoms with van der Waals surface area (Å²) in [5.41, 5.74) is 0.707. The molecule has 0 aliphatic carbocycles. The van der Waals surface area contributed by atoms with Gasteiger partial charge in [-0.2, -0.15) is 0 Å². The van der Waals surface area contributed by atoms with Crippen molar-refractivity contribution in [2.45, 2.75) is 11.8 Å². The third-order valence-electron chi connectivity index (χ3n) is 4.06. The van der Waals surface area contributed by atoms with Crippen molar-refractivity contribution in [3.05, 3.63) is 70.3 Å². The number of aryl methyl sites for hydroxylation is 1. The van der Waals surface area contributed by atoms with Gasteiger partial charge in [0.25, 0.3) is 0 Å². The van der Waals surface area contributed by atoms with Gasteiger partial charge in [-0.25, -0.2) is 12.8 Å². The van der Waals surface area contributed by atoms with Crippen LogP contribution in [0.2, 0.25) is 0 Å². The number of rotatable bonds is 4. The molecule has 0 aliphatic heterocycles. The van der Waals surface area contributed by atoms with Gasteiger partial charge in [0.15, 0.2) is 26.8 Å². The molecule has 0 fully saturated rings. The second-order valence-corrected chi connectivity index (χ2v) is 8.09. The summed E-state index contributed by atoms with van der Waals surface area (Å²) in [6.07, 6.45) is 1.11. The molecule has 1 heterocycles. The summed E-state index contributed by atoms with van der Waals surface area (Å²) in [5.74, 6) is 0.0900. The predicted octanol–water partition coefficient (Wildman–Crippen LogP) is 3.83. The zero-order chi connectivity index (χ0) is 19.8. The molecule has 1 aromatic heterocycles. The molecule has 0 saturated heterocycles. The van der Waals surface area contributed by atoms with E-state index in [9.17, 15) is 17.6 Å². The molecule has 7 heteroatoms. The topological polar surface area (TPSA) is 73.6 Å². The molecule has 0 spiro atoms. The molecule has 140 valence electrons. The molecule has 0 radical (unpaired) electrons. The van der Waals surface area contributed by atoms with Crippen molar-refractivity contribution in [3.63, 3.8) is 0 Å². The van der Waals surface area contributed by atoms with Crippen LogP contribution in [0.1, 0.15) is 5.76 Å². The number of ether oxygens (including phenoxy) is 1. The van der Waals surface area contributed by atoms with E-state index < -0.39 is 15.7 Å². The first-order valence-electron chi connectivity index (χ1n) is 8.00. The van der Waals surface area contributed by atoms with Gasteiger partial charge in [-0.1, -0.05) is 6.07 Å². The molecule has 0 saturated carbocycles. The van der Waals surface area contributed by atoms with Crippen LogP contribution < -0.4 is 10.2 Å². The van der Waals surface area contributed by atoms with E-state index in [1.165, 1.54) is 37.4 Å².